The van der Waals surface area contributed by atoms with Gasteiger partial charge in [0, 0.05) is 6.20 Å². The smallest absolute Gasteiger partial charge is 0.416 e. The first-order valence-electron chi connectivity index (χ1n) is 6.72. The molecular formula is C15H10ClF3N4O. The number of pyridine rings is 1. The number of fused-ring (bicyclic) bond motifs is 1. The van der Waals surface area contributed by atoms with E-state index >= 15 is 0 Å². The molecule has 0 atom stereocenters. The molecule has 0 aliphatic rings. The van der Waals surface area contributed by atoms with Gasteiger partial charge in [0.2, 0.25) is 0 Å². The highest BCUT2D eigenvalue weighted by molar-refractivity contribution is 6.32. The first-order valence-corrected chi connectivity index (χ1v) is 7.10. The minimum absolute atomic E-state index is 0.0425. The number of nitrogens with zero attached hydrogens (tertiary/aromatic N) is 4. The molecule has 0 amide bonds. The van der Waals surface area contributed by atoms with Crippen LogP contribution < -0.4 is 0 Å². The minimum atomic E-state index is -4.50. The fourth-order valence-corrected chi connectivity index (χ4v) is 2.30. The van der Waals surface area contributed by atoms with Gasteiger partial charge in [0.1, 0.15) is 5.69 Å². The van der Waals surface area contributed by atoms with Crippen LogP contribution in [0.5, 0.6) is 5.75 Å². The summed E-state index contributed by atoms with van der Waals surface area (Å²) in [5.74, 6) is 0.244. The van der Waals surface area contributed by atoms with Crippen LogP contribution in [0.2, 0.25) is 5.02 Å². The highest BCUT2D eigenvalue weighted by Gasteiger charge is 2.31. The summed E-state index contributed by atoms with van der Waals surface area (Å²) in [7, 11) is 0. The standard InChI is InChI=1S/C15H10ClF3N4O/c1-8-13(23-6-2-3-12(24)14(23)20-8)22-21-11-7-9(15(17,18)19)4-5-10(11)16/h2-7,24H,1H3. The quantitative estimate of drug-likeness (QED) is 0.623. The monoisotopic (exact) mass is 354 g/mol. The molecule has 5 nitrogen and oxygen atoms in total. The first kappa shape index (κ1) is 16.3. The number of imidazole rings is 1. The van der Waals surface area contributed by atoms with Crippen molar-refractivity contribution in [3.63, 3.8) is 0 Å². The highest BCUT2D eigenvalue weighted by atomic mass is 35.5. The van der Waals surface area contributed by atoms with Crippen LogP contribution in [0.3, 0.4) is 0 Å². The van der Waals surface area contributed by atoms with E-state index in [1.54, 1.807) is 19.2 Å². The third-order valence-electron chi connectivity index (χ3n) is 3.30. The number of rotatable bonds is 2. The third kappa shape index (κ3) is 2.92. The van der Waals surface area contributed by atoms with Gasteiger partial charge in [-0.3, -0.25) is 4.40 Å². The lowest BCUT2D eigenvalue weighted by Crippen LogP contribution is -2.03. The van der Waals surface area contributed by atoms with Crippen LogP contribution >= 0.6 is 11.6 Å². The Labute approximate surface area is 139 Å². The molecule has 2 heterocycles. The minimum Gasteiger partial charge on any atom is -0.504 e. The van der Waals surface area contributed by atoms with Crippen LogP contribution in [-0.2, 0) is 6.18 Å². The number of hydrogen-bond donors (Lipinski definition) is 1. The molecule has 9 heteroatoms. The van der Waals surface area contributed by atoms with Gasteiger partial charge in [-0.15, -0.1) is 10.2 Å². The summed E-state index contributed by atoms with van der Waals surface area (Å²) in [6.45, 7) is 1.65. The zero-order valence-corrected chi connectivity index (χ0v) is 13.0. The van der Waals surface area contributed by atoms with Crippen LogP contribution in [-0.4, -0.2) is 14.5 Å². The van der Waals surface area contributed by atoms with E-state index in [4.69, 9.17) is 11.6 Å². The summed E-state index contributed by atoms with van der Waals surface area (Å²) in [6.07, 6.45) is -2.89. The average molecular weight is 355 g/mol. The molecule has 3 aromatic rings. The molecule has 0 unspecified atom stereocenters. The van der Waals surface area contributed by atoms with Crippen LogP contribution in [0.25, 0.3) is 5.65 Å². The predicted molar refractivity (Wildman–Crippen MR) is 82.2 cm³/mol. The Morgan fingerprint density at radius 2 is 1.96 bits per heavy atom. The summed E-state index contributed by atoms with van der Waals surface area (Å²) in [5, 5.41) is 17.6. The number of halogens is 4. The summed E-state index contributed by atoms with van der Waals surface area (Å²) in [4.78, 5) is 4.15. The predicted octanol–water partition coefficient (Wildman–Crippen LogP) is 5.44. The molecule has 1 aromatic carbocycles. The highest BCUT2D eigenvalue weighted by Crippen LogP contribution is 2.36. The van der Waals surface area contributed by atoms with Gasteiger partial charge in [-0.05, 0) is 37.3 Å². The molecule has 3 rings (SSSR count). The maximum Gasteiger partial charge on any atom is 0.416 e. The zero-order chi connectivity index (χ0) is 17.5. The van der Waals surface area contributed by atoms with Gasteiger partial charge in [0.15, 0.2) is 17.2 Å². The van der Waals surface area contributed by atoms with Gasteiger partial charge >= 0.3 is 6.18 Å². The van der Waals surface area contributed by atoms with E-state index in [9.17, 15) is 18.3 Å². The van der Waals surface area contributed by atoms with Crippen molar-refractivity contribution in [1.82, 2.24) is 9.38 Å². The Balaban J connectivity index is 2.06. The number of aryl methyl sites for hydroxylation is 1. The maximum absolute atomic E-state index is 12.8. The Bertz CT molecular complexity index is 950. The molecular weight excluding hydrogens is 345 g/mol. The maximum atomic E-state index is 12.8. The number of aromatic hydroxyl groups is 1. The molecule has 0 saturated heterocycles. The molecule has 0 radical (unpaired) electrons. The zero-order valence-electron chi connectivity index (χ0n) is 12.2. The van der Waals surface area contributed by atoms with Crippen molar-refractivity contribution in [3.8, 4) is 5.75 Å². The van der Waals surface area contributed by atoms with Crippen LogP contribution in [0.4, 0.5) is 24.7 Å². The molecule has 0 aliphatic heterocycles. The molecule has 0 fully saturated rings. The largest absolute Gasteiger partial charge is 0.504 e. The van der Waals surface area contributed by atoms with Crippen LogP contribution in [0, 0.1) is 6.92 Å². The lowest BCUT2D eigenvalue weighted by atomic mass is 10.2. The van der Waals surface area contributed by atoms with Crippen molar-refractivity contribution >= 4 is 28.8 Å². The van der Waals surface area contributed by atoms with Gasteiger partial charge in [-0.2, -0.15) is 13.2 Å². The van der Waals surface area contributed by atoms with Gasteiger partial charge in [0.05, 0.1) is 16.3 Å². The van der Waals surface area contributed by atoms with Gasteiger partial charge in [-0.1, -0.05) is 11.6 Å². The Hall–Kier alpha value is -2.61. The van der Waals surface area contributed by atoms with Crippen molar-refractivity contribution in [3.05, 3.63) is 52.8 Å². The molecule has 2 aromatic heterocycles. The van der Waals surface area contributed by atoms with Crippen LogP contribution in [0.1, 0.15) is 11.3 Å². The Morgan fingerprint density at radius 1 is 1.21 bits per heavy atom. The number of aromatic nitrogens is 2. The fourth-order valence-electron chi connectivity index (χ4n) is 2.14. The number of benzene rings is 1. The number of alkyl halides is 3. The van der Waals surface area contributed by atoms with Gasteiger partial charge in [0.25, 0.3) is 0 Å². The van der Waals surface area contributed by atoms with E-state index in [0.29, 0.717) is 5.69 Å². The van der Waals surface area contributed by atoms with Crippen molar-refractivity contribution in [2.45, 2.75) is 13.1 Å². The first-order chi connectivity index (χ1) is 11.3. The van der Waals surface area contributed by atoms with Crippen molar-refractivity contribution < 1.29 is 18.3 Å². The van der Waals surface area contributed by atoms with E-state index in [1.807, 2.05) is 0 Å². The van der Waals surface area contributed by atoms with Crippen molar-refractivity contribution in [2.75, 3.05) is 0 Å². The lowest BCUT2D eigenvalue weighted by molar-refractivity contribution is -0.137. The SMILES string of the molecule is Cc1nc2c(O)cccn2c1N=Nc1cc(C(F)(F)F)ccc1Cl. The second kappa shape index (κ2) is 5.79. The molecule has 1 N–H and O–H groups in total. The summed E-state index contributed by atoms with van der Waals surface area (Å²) in [6, 6.07) is 5.86. The van der Waals surface area contributed by atoms with Gasteiger partial charge < -0.3 is 5.11 Å². The molecule has 0 bridgehead atoms. The molecule has 0 spiro atoms. The molecule has 124 valence electrons. The Kier molecular flexibility index (Phi) is 3.92. The topological polar surface area (TPSA) is 62.2 Å². The van der Waals surface area contributed by atoms with Gasteiger partial charge in [-0.25, -0.2) is 4.98 Å². The van der Waals surface area contributed by atoms with Crippen LogP contribution in [0.15, 0.2) is 46.8 Å². The normalized spacial score (nSPS) is 12.4. The fraction of sp³-hybridized carbons (Fsp3) is 0.133. The number of azo groups is 1. The molecule has 24 heavy (non-hydrogen) atoms. The average Bonchev–Trinajstić information content (AvgIpc) is 2.83. The molecule has 0 saturated carbocycles. The van der Waals surface area contributed by atoms with E-state index in [2.05, 4.69) is 15.2 Å². The third-order valence-corrected chi connectivity index (χ3v) is 3.62. The number of hydrogen-bond acceptors (Lipinski definition) is 4. The van der Waals surface area contributed by atoms with E-state index < -0.39 is 11.7 Å². The van der Waals surface area contributed by atoms with E-state index in [-0.39, 0.29) is 27.9 Å². The summed E-state index contributed by atoms with van der Waals surface area (Å²) >= 11 is 5.89. The second-order valence-corrected chi connectivity index (χ2v) is 5.38. The summed E-state index contributed by atoms with van der Waals surface area (Å²) in [5.41, 5.74) is -0.239. The van der Waals surface area contributed by atoms with E-state index in [1.165, 1.54) is 10.5 Å². The van der Waals surface area contributed by atoms with Crippen molar-refractivity contribution in [2.24, 2.45) is 10.2 Å². The summed E-state index contributed by atoms with van der Waals surface area (Å²) < 4.78 is 39.8. The van der Waals surface area contributed by atoms with Crippen molar-refractivity contribution in [1.29, 1.82) is 0 Å². The second-order valence-electron chi connectivity index (χ2n) is 4.97. The van der Waals surface area contributed by atoms with E-state index in [0.717, 1.165) is 18.2 Å². The lowest BCUT2D eigenvalue weighted by Gasteiger charge is -2.07. The Morgan fingerprint density at radius 3 is 2.67 bits per heavy atom. The molecule has 0 aliphatic carbocycles.